The zero-order chi connectivity index (χ0) is 13.1. The van der Waals surface area contributed by atoms with Gasteiger partial charge in [-0.3, -0.25) is 9.59 Å². The van der Waals surface area contributed by atoms with Crippen molar-refractivity contribution in [2.75, 3.05) is 6.54 Å². The monoisotopic (exact) mass is 252 g/mol. The zero-order valence-electron chi connectivity index (χ0n) is 11.4. The molecule has 1 heterocycles. The van der Waals surface area contributed by atoms with Crippen molar-refractivity contribution in [1.29, 1.82) is 0 Å². The van der Waals surface area contributed by atoms with Crippen molar-refractivity contribution in [3.05, 3.63) is 0 Å². The Hall–Kier alpha value is -1.06. The van der Waals surface area contributed by atoms with E-state index in [2.05, 4.69) is 24.5 Å². The van der Waals surface area contributed by atoms with E-state index in [0.717, 1.165) is 18.8 Å². The first-order chi connectivity index (χ1) is 8.56. The summed E-state index contributed by atoms with van der Waals surface area (Å²) < 4.78 is 0. The van der Waals surface area contributed by atoms with Gasteiger partial charge in [-0.1, -0.05) is 13.8 Å². The molecule has 2 N–H and O–H groups in total. The minimum absolute atomic E-state index is 0.0302. The predicted octanol–water partition coefficient (Wildman–Crippen LogP) is 1.45. The highest BCUT2D eigenvalue weighted by Gasteiger charge is 2.29. The van der Waals surface area contributed by atoms with Gasteiger partial charge in [0.15, 0.2) is 0 Å². The quantitative estimate of drug-likeness (QED) is 0.781. The second-order valence-electron chi connectivity index (χ2n) is 6.01. The molecule has 0 aromatic rings. The van der Waals surface area contributed by atoms with E-state index in [0.29, 0.717) is 31.3 Å². The Bertz CT molecular complexity index is 320. The standard InChI is InChI=1S/C14H24N2O2/c1-9-3-5-12(7-10(9)2)16-14(18)11-4-6-13(17)15-8-11/h9-12H,3-8H2,1-2H3,(H,15,17)(H,16,18). The van der Waals surface area contributed by atoms with E-state index >= 15 is 0 Å². The third-order valence-corrected chi connectivity index (χ3v) is 4.58. The Morgan fingerprint density at radius 2 is 2.00 bits per heavy atom. The number of amides is 2. The molecule has 1 saturated carbocycles. The van der Waals surface area contributed by atoms with Crippen LogP contribution in [0.1, 0.15) is 46.0 Å². The van der Waals surface area contributed by atoms with Gasteiger partial charge in [0.05, 0.1) is 5.92 Å². The van der Waals surface area contributed by atoms with Crippen LogP contribution in [0.25, 0.3) is 0 Å². The molecule has 4 heteroatoms. The van der Waals surface area contributed by atoms with Gasteiger partial charge in [0.25, 0.3) is 0 Å². The largest absolute Gasteiger partial charge is 0.355 e. The maximum Gasteiger partial charge on any atom is 0.225 e. The summed E-state index contributed by atoms with van der Waals surface area (Å²) in [4.78, 5) is 23.2. The molecule has 0 aromatic carbocycles. The highest BCUT2D eigenvalue weighted by Crippen LogP contribution is 2.29. The van der Waals surface area contributed by atoms with Crippen LogP contribution in [0.5, 0.6) is 0 Å². The van der Waals surface area contributed by atoms with Crippen molar-refractivity contribution in [2.45, 2.75) is 52.0 Å². The minimum atomic E-state index is -0.0302. The Kier molecular flexibility index (Phi) is 4.25. The van der Waals surface area contributed by atoms with Crippen molar-refractivity contribution >= 4 is 11.8 Å². The average molecular weight is 252 g/mol. The van der Waals surface area contributed by atoms with E-state index < -0.39 is 0 Å². The lowest BCUT2D eigenvalue weighted by atomic mass is 9.79. The molecule has 0 radical (unpaired) electrons. The maximum absolute atomic E-state index is 12.1. The van der Waals surface area contributed by atoms with Crippen LogP contribution in [0.4, 0.5) is 0 Å². The van der Waals surface area contributed by atoms with E-state index in [9.17, 15) is 9.59 Å². The molecule has 1 aliphatic heterocycles. The van der Waals surface area contributed by atoms with Crippen LogP contribution in [-0.2, 0) is 9.59 Å². The second kappa shape index (κ2) is 5.72. The van der Waals surface area contributed by atoms with Crippen molar-refractivity contribution < 1.29 is 9.59 Å². The van der Waals surface area contributed by atoms with Crippen LogP contribution in [0.3, 0.4) is 0 Å². The summed E-state index contributed by atoms with van der Waals surface area (Å²) in [5.74, 6) is 1.63. The fourth-order valence-corrected chi connectivity index (χ4v) is 2.95. The molecule has 2 aliphatic rings. The normalized spacial score (nSPS) is 36.9. The summed E-state index contributed by atoms with van der Waals surface area (Å²) in [5.41, 5.74) is 0. The van der Waals surface area contributed by atoms with Crippen LogP contribution in [0.15, 0.2) is 0 Å². The van der Waals surface area contributed by atoms with Crippen LogP contribution >= 0.6 is 0 Å². The van der Waals surface area contributed by atoms with E-state index in [1.54, 1.807) is 0 Å². The van der Waals surface area contributed by atoms with Crippen molar-refractivity contribution in [2.24, 2.45) is 17.8 Å². The van der Waals surface area contributed by atoms with Gasteiger partial charge in [0.1, 0.15) is 0 Å². The third kappa shape index (κ3) is 3.24. The summed E-state index contributed by atoms with van der Waals surface area (Å²) >= 11 is 0. The first-order valence-electron chi connectivity index (χ1n) is 7.13. The van der Waals surface area contributed by atoms with Gasteiger partial charge in [0.2, 0.25) is 11.8 Å². The van der Waals surface area contributed by atoms with Crippen molar-refractivity contribution in [3.63, 3.8) is 0 Å². The van der Waals surface area contributed by atoms with Gasteiger partial charge in [0, 0.05) is 19.0 Å². The van der Waals surface area contributed by atoms with E-state index in [1.165, 1.54) is 6.42 Å². The number of piperidine rings is 1. The summed E-state index contributed by atoms with van der Waals surface area (Å²) in [5, 5.41) is 5.93. The molecular formula is C14H24N2O2. The van der Waals surface area contributed by atoms with Crippen molar-refractivity contribution in [3.8, 4) is 0 Å². The maximum atomic E-state index is 12.1. The highest BCUT2D eigenvalue weighted by molar-refractivity contribution is 5.83. The molecular weight excluding hydrogens is 228 g/mol. The fraction of sp³-hybridized carbons (Fsp3) is 0.857. The molecule has 1 aliphatic carbocycles. The minimum Gasteiger partial charge on any atom is -0.355 e. The molecule has 4 nitrogen and oxygen atoms in total. The lowest BCUT2D eigenvalue weighted by Gasteiger charge is -2.33. The predicted molar refractivity (Wildman–Crippen MR) is 69.8 cm³/mol. The Morgan fingerprint density at radius 3 is 2.61 bits per heavy atom. The molecule has 4 unspecified atom stereocenters. The van der Waals surface area contributed by atoms with Crippen LogP contribution in [-0.4, -0.2) is 24.4 Å². The summed E-state index contributed by atoms with van der Waals surface area (Å²) in [7, 11) is 0. The molecule has 2 rings (SSSR count). The Morgan fingerprint density at radius 1 is 1.22 bits per heavy atom. The number of carbonyl (C=O) groups excluding carboxylic acids is 2. The van der Waals surface area contributed by atoms with Crippen LogP contribution in [0.2, 0.25) is 0 Å². The first kappa shape index (κ1) is 13.4. The van der Waals surface area contributed by atoms with E-state index in [-0.39, 0.29) is 17.7 Å². The molecule has 18 heavy (non-hydrogen) atoms. The number of hydrogen-bond acceptors (Lipinski definition) is 2. The van der Waals surface area contributed by atoms with Gasteiger partial charge in [-0.2, -0.15) is 0 Å². The van der Waals surface area contributed by atoms with E-state index in [4.69, 9.17) is 0 Å². The number of rotatable bonds is 2. The second-order valence-corrected chi connectivity index (χ2v) is 6.01. The number of carbonyl (C=O) groups is 2. The Balaban J connectivity index is 1.79. The molecule has 0 spiro atoms. The van der Waals surface area contributed by atoms with Gasteiger partial charge < -0.3 is 10.6 Å². The number of hydrogen-bond donors (Lipinski definition) is 2. The van der Waals surface area contributed by atoms with Crippen LogP contribution in [0, 0.1) is 17.8 Å². The molecule has 102 valence electrons. The SMILES string of the molecule is CC1CCC(NC(=O)C2CCC(=O)NC2)CC1C. The lowest BCUT2D eigenvalue weighted by Crippen LogP contribution is -2.47. The topological polar surface area (TPSA) is 58.2 Å². The van der Waals surface area contributed by atoms with Gasteiger partial charge in [-0.15, -0.1) is 0 Å². The molecule has 1 saturated heterocycles. The Labute approximate surface area is 109 Å². The molecule has 0 bridgehead atoms. The molecule has 2 amide bonds. The smallest absolute Gasteiger partial charge is 0.225 e. The summed E-state index contributed by atoms with van der Waals surface area (Å²) in [6, 6.07) is 0.335. The molecule has 2 fully saturated rings. The van der Waals surface area contributed by atoms with Crippen LogP contribution < -0.4 is 10.6 Å². The number of nitrogens with one attached hydrogen (secondary N) is 2. The van der Waals surface area contributed by atoms with Gasteiger partial charge >= 0.3 is 0 Å². The van der Waals surface area contributed by atoms with E-state index in [1.807, 2.05) is 0 Å². The average Bonchev–Trinajstić information content (AvgIpc) is 2.34. The third-order valence-electron chi connectivity index (χ3n) is 4.58. The summed E-state index contributed by atoms with van der Waals surface area (Å²) in [6.45, 7) is 5.06. The molecule has 4 atom stereocenters. The van der Waals surface area contributed by atoms with Gasteiger partial charge in [-0.25, -0.2) is 0 Å². The zero-order valence-corrected chi connectivity index (χ0v) is 11.4. The van der Waals surface area contributed by atoms with Gasteiger partial charge in [-0.05, 0) is 37.5 Å². The summed E-state index contributed by atoms with van der Waals surface area (Å²) in [6.07, 6.45) is 4.56. The lowest BCUT2D eigenvalue weighted by molar-refractivity contribution is -0.129. The molecule has 0 aromatic heterocycles. The first-order valence-corrected chi connectivity index (χ1v) is 7.13. The highest BCUT2D eigenvalue weighted by atomic mass is 16.2. The fourth-order valence-electron chi connectivity index (χ4n) is 2.95. The van der Waals surface area contributed by atoms with Crippen molar-refractivity contribution in [1.82, 2.24) is 10.6 Å².